The second-order valence-corrected chi connectivity index (χ2v) is 4.99. The van der Waals surface area contributed by atoms with Crippen molar-refractivity contribution in [2.24, 2.45) is 0 Å². The lowest BCUT2D eigenvalue weighted by Gasteiger charge is -2.14. The minimum absolute atomic E-state index is 0.00588. The molecule has 0 aliphatic heterocycles. The fourth-order valence-corrected chi connectivity index (χ4v) is 1.99. The fraction of sp³-hybridized carbons (Fsp3) is 0.400. The average molecular weight is 288 g/mol. The van der Waals surface area contributed by atoms with Crippen molar-refractivity contribution in [2.75, 3.05) is 20.1 Å². The van der Waals surface area contributed by atoms with Gasteiger partial charge in [-0.3, -0.25) is 9.69 Å². The van der Waals surface area contributed by atoms with Crippen molar-refractivity contribution >= 4 is 5.91 Å². The Morgan fingerprint density at radius 1 is 1.33 bits per heavy atom. The SMILES string of the molecule is Cc1nc(CN(C)CC(=O)NCCc2ccccc2)no1. The van der Waals surface area contributed by atoms with Crippen molar-refractivity contribution in [3.63, 3.8) is 0 Å². The van der Waals surface area contributed by atoms with Gasteiger partial charge in [0, 0.05) is 13.5 Å². The highest BCUT2D eigenvalue weighted by molar-refractivity contribution is 5.77. The summed E-state index contributed by atoms with van der Waals surface area (Å²) in [5, 5.41) is 6.71. The maximum absolute atomic E-state index is 11.8. The molecule has 0 fully saturated rings. The fourth-order valence-electron chi connectivity index (χ4n) is 1.99. The Bertz CT molecular complexity index is 568. The molecule has 6 nitrogen and oxygen atoms in total. The normalized spacial score (nSPS) is 10.8. The van der Waals surface area contributed by atoms with Crippen LogP contribution in [-0.2, 0) is 17.8 Å². The summed E-state index contributed by atoms with van der Waals surface area (Å²) >= 11 is 0. The zero-order valence-electron chi connectivity index (χ0n) is 12.4. The number of benzene rings is 1. The van der Waals surface area contributed by atoms with E-state index in [0.717, 1.165) is 6.42 Å². The first-order valence-corrected chi connectivity index (χ1v) is 6.92. The molecule has 0 unspecified atom stereocenters. The van der Waals surface area contributed by atoms with Gasteiger partial charge in [0.1, 0.15) is 0 Å². The molecule has 6 heteroatoms. The van der Waals surface area contributed by atoms with Gasteiger partial charge in [-0.15, -0.1) is 0 Å². The summed E-state index contributed by atoms with van der Waals surface area (Å²) in [7, 11) is 1.85. The topological polar surface area (TPSA) is 71.3 Å². The largest absolute Gasteiger partial charge is 0.355 e. The molecule has 2 aromatic rings. The lowest BCUT2D eigenvalue weighted by molar-refractivity contribution is -0.122. The lowest BCUT2D eigenvalue weighted by Crippen LogP contribution is -2.36. The summed E-state index contributed by atoms with van der Waals surface area (Å²) in [6.07, 6.45) is 0.834. The highest BCUT2D eigenvalue weighted by Crippen LogP contribution is 2.00. The van der Waals surface area contributed by atoms with Crippen LogP contribution in [0.25, 0.3) is 0 Å². The molecule has 0 saturated heterocycles. The van der Waals surface area contributed by atoms with Gasteiger partial charge in [-0.1, -0.05) is 35.5 Å². The van der Waals surface area contributed by atoms with Crippen LogP contribution in [0.2, 0.25) is 0 Å². The van der Waals surface area contributed by atoms with Crippen LogP contribution in [0.1, 0.15) is 17.3 Å². The van der Waals surface area contributed by atoms with Crippen LogP contribution in [0.5, 0.6) is 0 Å². The smallest absolute Gasteiger partial charge is 0.234 e. The third kappa shape index (κ3) is 5.35. The van der Waals surface area contributed by atoms with Crippen LogP contribution in [-0.4, -0.2) is 41.1 Å². The van der Waals surface area contributed by atoms with E-state index in [-0.39, 0.29) is 5.91 Å². The molecule has 1 N–H and O–H groups in total. The van der Waals surface area contributed by atoms with E-state index in [2.05, 4.69) is 27.6 Å². The van der Waals surface area contributed by atoms with Gasteiger partial charge in [-0.25, -0.2) is 0 Å². The first kappa shape index (κ1) is 15.2. The summed E-state index contributed by atoms with van der Waals surface area (Å²) < 4.78 is 4.90. The van der Waals surface area contributed by atoms with Crippen LogP contribution >= 0.6 is 0 Å². The third-order valence-electron chi connectivity index (χ3n) is 2.97. The monoisotopic (exact) mass is 288 g/mol. The number of nitrogens with zero attached hydrogens (tertiary/aromatic N) is 3. The quantitative estimate of drug-likeness (QED) is 0.828. The number of likely N-dealkylation sites (N-methyl/N-ethyl adjacent to an activating group) is 1. The van der Waals surface area contributed by atoms with E-state index >= 15 is 0 Å². The van der Waals surface area contributed by atoms with Gasteiger partial charge in [0.25, 0.3) is 0 Å². The van der Waals surface area contributed by atoms with Gasteiger partial charge in [-0.05, 0) is 19.0 Å². The average Bonchev–Trinajstić information content (AvgIpc) is 2.85. The summed E-state index contributed by atoms with van der Waals surface area (Å²) in [5.41, 5.74) is 1.22. The molecule has 0 saturated carbocycles. The molecular formula is C15H20N4O2. The van der Waals surface area contributed by atoms with E-state index in [9.17, 15) is 4.79 Å². The standard InChI is InChI=1S/C15H20N4O2/c1-12-17-14(18-21-12)10-19(2)11-15(20)16-9-8-13-6-4-3-5-7-13/h3-7H,8-11H2,1-2H3,(H,16,20). The van der Waals surface area contributed by atoms with Crippen LogP contribution in [0.15, 0.2) is 34.9 Å². The lowest BCUT2D eigenvalue weighted by atomic mass is 10.1. The molecule has 0 bridgehead atoms. The number of amides is 1. The zero-order valence-corrected chi connectivity index (χ0v) is 12.4. The van der Waals surface area contributed by atoms with Crippen molar-refractivity contribution in [3.8, 4) is 0 Å². The van der Waals surface area contributed by atoms with E-state index < -0.39 is 0 Å². The van der Waals surface area contributed by atoms with E-state index in [1.165, 1.54) is 5.56 Å². The Labute approximate surface area is 124 Å². The number of carbonyl (C=O) groups is 1. The third-order valence-corrected chi connectivity index (χ3v) is 2.97. The van der Waals surface area contributed by atoms with E-state index in [0.29, 0.717) is 31.3 Å². The summed E-state index contributed by atoms with van der Waals surface area (Å²) in [5.74, 6) is 1.12. The predicted octanol–water partition coefficient (Wildman–Crippen LogP) is 1.17. The maximum Gasteiger partial charge on any atom is 0.234 e. The Balaban J connectivity index is 1.67. The molecule has 0 radical (unpaired) electrons. The van der Waals surface area contributed by atoms with Crippen molar-refractivity contribution in [3.05, 3.63) is 47.6 Å². The molecule has 0 spiro atoms. The minimum Gasteiger partial charge on any atom is -0.355 e. The number of hydrogen-bond donors (Lipinski definition) is 1. The van der Waals surface area contributed by atoms with E-state index in [1.807, 2.05) is 30.1 Å². The Morgan fingerprint density at radius 3 is 2.76 bits per heavy atom. The number of aryl methyl sites for hydroxylation is 1. The van der Waals surface area contributed by atoms with Gasteiger partial charge in [0.05, 0.1) is 13.1 Å². The van der Waals surface area contributed by atoms with Gasteiger partial charge in [0.2, 0.25) is 11.8 Å². The predicted molar refractivity (Wildman–Crippen MR) is 78.5 cm³/mol. The molecule has 1 amide bonds. The number of nitrogens with one attached hydrogen (secondary N) is 1. The van der Waals surface area contributed by atoms with Crippen molar-refractivity contribution in [1.82, 2.24) is 20.4 Å². The first-order chi connectivity index (χ1) is 10.1. The van der Waals surface area contributed by atoms with Crippen LogP contribution < -0.4 is 5.32 Å². The molecule has 1 heterocycles. The number of carbonyl (C=O) groups excluding carboxylic acids is 1. The van der Waals surface area contributed by atoms with Gasteiger partial charge in [-0.2, -0.15) is 4.98 Å². The summed E-state index contributed by atoms with van der Waals surface area (Å²) in [6.45, 7) is 3.18. The molecule has 2 rings (SSSR count). The van der Waals surface area contributed by atoms with Crippen molar-refractivity contribution in [2.45, 2.75) is 19.9 Å². The molecule has 0 aliphatic rings. The molecule has 112 valence electrons. The molecule has 1 aromatic carbocycles. The second-order valence-electron chi connectivity index (χ2n) is 4.99. The van der Waals surface area contributed by atoms with Crippen LogP contribution in [0.3, 0.4) is 0 Å². The highest BCUT2D eigenvalue weighted by atomic mass is 16.5. The van der Waals surface area contributed by atoms with E-state index in [4.69, 9.17) is 4.52 Å². The number of rotatable bonds is 7. The van der Waals surface area contributed by atoms with Crippen molar-refractivity contribution in [1.29, 1.82) is 0 Å². The highest BCUT2D eigenvalue weighted by Gasteiger charge is 2.10. The Hall–Kier alpha value is -2.21. The van der Waals surface area contributed by atoms with Crippen LogP contribution in [0, 0.1) is 6.92 Å². The van der Waals surface area contributed by atoms with Crippen molar-refractivity contribution < 1.29 is 9.32 Å². The first-order valence-electron chi connectivity index (χ1n) is 6.92. The molecule has 21 heavy (non-hydrogen) atoms. The molecule has 0 aliphatic carbocycles. The molecule has 1 aromatic heterocycles. The van der Waals surface area contributed by atoms with Crippen LogP contribution in [0.4, 0.5) is 0 Å². The second kappa shape index (κ2) is 7.54. The number of aromatic nitrogens is 2. The zero-order chi connectivity index (χ0) is 15.1. The van der Waals surface area contributed by atoms with Gasteiger partial charge in [0.15, 0.2) is 5.82 Å². The van der Waals surface area contributed by atoms with Gasteiger partial charge < -0.3 is 9.84 Å². The van der Waals surface area contributed by atoms with Gasteiger partial charge >= 0.3 is 0 Å². The Kier molecular flexibility index (Phi) is 5.45. The summed E-state index contributed by atoms with van der Waals surface area (Å²) in [4.78, 5) is 17.8. The molecular weight excluding hydrogens is 268 g/mol. The maximum atomic E-state index is 11.8. The number of hydrogen-bond acceptors (Lipinski definition) is 5. The molecule has 0 atom stereocenters. The summed E-state index contributed by atoms with van der Waals surface area (Å²) in [6, 6.07) is 10.1. The van der Waals surface area contributed by atoms with E-state index in [1.54, 1.807) is 6.92 Å². The minimum atomic E-state index is -0.00588. The Morgan fingerprint density at radius 2 is 2.10 bits per heavy atom.